The highest BCUT2D eigenvalue weighted by Gasteiger charge is 2.41. The van der Waals surface area contributed by atoms with Crippen LogP contribution < -0.4 is 5.32 Å². The topological polar surface area (TPSA) is 38.3 Å². The Kier molecular flexibility index (Phi) is 3.79. The standard InChI is InChI=1S/C12H13Cl2NO2/c13-12(14)6-10(7-12)15-11(16)17-8-9-4-2-1-3-5-9/h1-5,10H,6-8H2,(H,15,16). The number of amides is 1. The minimum atomic E-state index is -0.683. The van der Waals surface area contributed by atoms with Gasteiger partial charge in [-0.2, -0.15) is 0 Å². The zero-order valence-corrected chi connectivity index (χ0v) is 10.7. The molecule has 1 N–H and O–H groups in total. The zero-order valence-electron chi connectivity index (χ0n) is 9.16. The molecule has 2 rings (SSSR count). The quantitative estimate of drug-likeness (QED) is 0.859. The van der Waals surface area contributed by atoms with Crippen molar-refractivity contribution in [1.29, 1.82) is 0 Å². The number of halogens is 2. The van der Waals surface area contributed by atoms with Gasteiger partial charge in [0, 0.05) is 18.9 Å². The van der Waals surface area contributed by atoms with Crippen LogP contribution in [0.25, 0.3) is 0 Å². The highest BCUT2D eigenvalue weighted by molar-refractivity contribution is 6.49. The molecular formula is C12H13Cl2NO2. The smallest absolute Gasteiger partial charge is 0.407 e. The van der Waals surface area contributed by atoms with Gasteiger partial charge in [-0.15, -0.1) is 23.2 Å². The molecule has 0 atom stereocenters. The fourth-order valence-electron chi connectivity index (χ4n) is 1.69. The van der Waals surface area contributed by atoms with E-state index in [1.807, 2.05) is 30.3 Å². The highest BCUT2D eigenvalue weighted by Crippen LogP contribution is 2.42. The molecule has 1 amide bonds. The van der Waals surface area contributed by atoms with Gasteiger partial charge in [0.05, 0.1) is 0 Å². The van der Waals surface area contributed by atoms with Crippen LogP contribution in [0, 0.1) is 0 Å². The number of carbonyl (C=O) groups is 1. The van der Waals surface area contributed by atoms with E-state index < -0.39 is 10.4 Å². The third-order valence-electron chi connectivity index (χ3n) is 2.62. The van der Waals surface area contributed by atoms with Crippen LogP contribution >= 0.6 is 23.2 Å². The number of benzene rings is 1. The van der Waals surface area contributed by atoms with Gasteiger partial charge in [0.25, 0.3) is 0 Å². The molecule has 17 heavy (non-hydrogen) atoms. The Morgan fingerprint density at radius 3 is 2.59 bits per heavy atom. The lowest BCUT2D eigenvalue weighted by Crippen LogP contribution is -2.49. The fraction of sp³-hybridized carbons (Fsp3) is 0.417. The fourth-order valence-corrected chi connectivity index (χ4v) is 2.44. The summed E-state index contributed by atoms with van der Waals surface area (Å²) < 4.78 is 4.38. The average Bonchev–Trinajstić information content (AvgIpc) is 2.25. The third kappa shape index (κ3) is 3.79. The largest absolute Gasteiger partial charge is 0.445 e. The van der Waals surface area contributed by atoms with E-state index in [9.17, 15) is 4.79 Å². The molecule has 0 spiro atoms. The normalized spacial score (nSPS) is 18.2. The third-order valence-corrected chi connectivity index (χ3v) is 3.24. The van der Waals surface area contributed by atoms with Gasteiger partial charge in [-0.1, -0.05) is 30.3 Å². The second kappa shape index (κ2) is 5.15. The number of rotatable bonds is 3. The van der Waals surface area contributed by atoms with Crippen molar-refractivity contribution in [3.63, 3.8) is 0 Å². The number of nitrogens with one attached hydrogen (secondary N) is 1. The Bertz CT molecular complexity index is 387. The van der Waals surface area contributed by atoms with Crippen molar-refractivity contribution >= 4 is 29.3 Å². The van der Waals surface area contributed by atoms with Gasteiger partial charge in [0.1, 0.15) is 10.9 Å². The van der Waals surface area contributed by atoms with Crippen LogP contribution in [0.5, 0.6) is 0 Å². The predicted molar refractivity (Wildman–Crippen MR) is 67.2 cm³/mol. The summed E-state index contributed by atoms with van der Waals surface area (Å²) in [4.78, 5) is 11.4. The van der Waals surface area contributed by atoms with E-state index in [4.69, 9.17) is 27.9 Å². The Hall–Kier alpha value is -0.930. The molecule has 1 aromatic carbocycles. The van der Waals surface area contributed by atoms with Crippen molar-refractivity contribution in [3.05, 3.63) is 35.9 Å². The number of carbonyl (C=O) groups excluding carboxylic acids is 1. The first-order chi connectivity index (χ1) is 8.05. The summed E-state index contributed by atoms with van der Waals surface area (Å²) in [5.74, 6) is 0. The number of alkyl carbamates (subject to hydrolysis) is 1. The average molecular weight is 274 g/mol. The summed E-state index contributed by atoms with van der Waals surface area (Å²) in [5.41, 5.74) is 0.959. The predicted octanol–water partition coefficient (Wildman–Crippen LogP) is 3.25. The van der Waals surface area contributed by atoms with Crippen LogP contribution in [-0.4, -0.2) is 16.5 Å². The van der Waals surface area contributed by atoms with E-state index in [1.54, 1.807) is 0 Å². The van der Waals surface area contributed by atoms with Crippen LogP contribution in [0.2, 0.25) is 0 Å². The Morgan fingerprint density at radius 2 is 2.00 bits per heavy atom. The molecule has 5 heteroatoms. The molecule has 0 aromatic heterocycles. The molecule has 0 aliphatic heterocycles. The Morgan fingerprint density at radius 1 is 1.35 bits per heavy atom. The molecule has 0 heterocycles. The monoisotopic (exact) mass is 273 g/mol. The SMILES string of the molecule is O=C(NC1CC(Cl)(Cl)C1)OCc1ccccc1. The molecule has 1 saturated carbocycles. The van der Waals surface area contributed by atoms with E-state index in [0.29, 0.717) is 12.8 Å². The van der Waals surface area contributed by atoms with E-state index in [2.05, 4.69) is 5.32 Å². The number of alkyl halides is 2. The van der Waals surface area contributed by atoms with Crippen molar-refractivity contribution in [3.8, 4) is 0 Å². The Labute approximate surface area is 110 Å². The molecular weight excluding hydrogens is 261 g/mol. The second-order valence-corrected chi connectivity index (χ2v) is 5.81. The van der Waals surface area contributed by atoms with Gasteiger partial charge in [0.15, 0.2) is 0 Å². The lowest BCUT2D eigenvalue weighted by atomic mass is 9.92. The summed E-state index contributed by atoms with van der Waals surface area (Å²) in [6.45, 7) is 0.270. The van der Waals surface area contributed by atoms with Gasteiger partial charge in [-0.25, -0.2) is 4.79 Å². The van der Waals surface area contributed by atoms with Crippen LogP contribution in [0.4, 0.5) is 4.79 Å². The van der Waals surface area contributed by atoms with Crippen LogP contribution in [0.1, 0.15) is 18.4 Å². The van der Waals surface area contributed by atoms with Gasteiger partial charge in [-0.3, -0.25) is 0 Å². The number of hydrogen-bond acceptors (Lipinski definition) is 2. The number of hydrogen-bond donors (Lipinski definition) is 1. The summed E-state index contributed by atoms with van der Waals surface area (Å²) in [7, 11) is 0. The van der Waals surface area contributed by atoms with Crippen LogP contribution in [0.3, 0.4) is 0 Å². The maximum atomic E-state index is 11.4. The second-order valence-electron chi connectivity index (χ2n) is 4.17. The van der Waals surface area contributed by atoms with E-state index in [-0.39, 0.29) is 12.6 Å². The molecule has 1 aliphatic rings. The maximum absolute atomic E-state index is 11.4. The van der Waals surface area contributed by atoms with E-state index in [1.165, 1.54) is 0 Å². The summed E-state index contributed by atoms with van der Waals surface area (Å²) in [6, 6.07) is 9.54. The lowest BCUT2D eigenvalue weighted by Gasteiger charge is -2.37. The lowest BCUT2D eigenvalue weighted by molar-refractivity contribution is 0.129. The van der Waals surface area contributed by atoms with Crippen molar-refractivity contribution in [2.75, 3.05) is 0 Å². The van der Waals surface area contributed by atoms with E-state index >= 15 is 0 Å². The first-order valence-electron chi connectivity index (χ1n) is 5.40. The summed E-state index contributed by atoms with van der Waals surface area (Å²) in [6.07, 6.45) is 0.704. The van der Waals surface area contributed by atoms with Crippen LogP contribution in [-0.2, 0) is 11.3 Å². The van der Waals surface area contributed by atoms with Crippen molar-refractivity contribution < 1.29 is 9.53 Å². The highest BCUT2D eigenvalue weighted by atomic mass is 35.5. The van der Waals surface area contributed by atoms with Gasteiger partial charge in [0.2, 0.25) is 0 Å². The zero-order chi connectivity index (χ0) is 12.3. The minimum Gasteiger partial charge on any atom is -0.445 e. The molecule has 0 radical (unpaired) electrons. The van der Waals surface area contributed by atoms with Crippen molar-refractivity contribution in [1.82, 2.24) is 5.32 Å². The first kappa shape index (κ1) is 12.5. The van der Waals surface area contributed by atoms with Crippen molar-refractivity contribution in [2.24, 2.45) is 0 Å². The molecule has 0 saturated heterocycles. The molecule has 92 valence electrons. The van der Waals surface area contributed by atoms with E-state index in [0.717, 1.165) is 5.56 Å². The molecule has 1 fully saturated rings. The number of ether oxygens (including phenoxy) is 1. The summed E-state index contributed by atoms with van der Waals surface area (Å²) >= 11 is 11.7. The molecule has 1 aliphatic carbocycles. The molecule has 0 bridgehead atoms. The molecule has 1 aromatic rings. The van der Waals surface area contributed by atoms with Gasteiger partial charge < -0.3 is 10.1 Å². The van der Waals surface area contributed by atoms with Crippen molar-refractivity contribution in [2.45, 2.75) is 29.8 Å². The van der Waals surface area contributed by atoms with Crippen LogP contribution in [0.15, 0.2) is 30.3 Å². The molecule has 3 nitrogen and oxygen atoms in total. The Balaban J connectivity index is 1.69. The molecule has 0 unspecified atom stereocenters. The maximum Gasteiger partial charge on any atom is 0.407 e. The minimum absolute atomic E-state index is 0.0215. The first-order valence-corrected chi connectivity index (χ1v) is 6.16. The summed E-state index contributed by atoms with van der Waals surface area (Å²) in [5, 5.41) is 2.71. The van der Waals surface area contributed by atoms with Gasteiger partial charge in [-0.05, 0) is 5.56 Å². The van der Waals surface area contributed by atoms with Gasteiger partial charge >= 0.3 is 6.09 Å².